The van der Waals surface area contributed by atoms with E-state index in [4.69, 9.17) is 0 Å². The quantitative estimate of drug-likeness (QED) is 0.588. The van der Waals surface area contributed by atoms with Crippen LogP contribution in [-0.2, 0) is 4.79 Å². The SMILES string of the molecule is O=C(/C=C/c1cnc2ccccn12)Nc1cccc2cccnc12. The van der Waals surface area contributed by atoms with E-state index in [1.54, 1.807) is 18.5 Å². The number of carbonyl (C=O) groups is 1. The Balaban J connectivity index is 1.58. The Morgan fingerprint density at radius 1 is 1.04 bits per heavy atom. The molecule has 0 aliphatic heterocycles. The molecule has 5 heteroatoms. The van der Waals surface area contributed by atoms with Crippen molar-refractivity contribution in [1.82, 2.24) is 14.4 Å². The van der Waals surface area contributed by atoms with E-state index in [2.05, 4.69) is 15.3 Å². The number of para-hydroxylation sites is 1. The molecular formula is C19H14N4O. The minimum atomic E-state index is -0.209. The summed E-state index contributed by atoms with van der Waals surface area (Å²) in [7, 11) is 0. The van der Waals surface area contributed by atoms with Crippen molar-refractivity contribution in [1.29, 1.82) is 0 Å². The van der Waals surface area contributed by atoms with Gasteiger partial charge in [0.2, 0.25) is 5.91 Å². The zero-order chi connectivity index (χ0) is 16.4. The highest BCUT2D eigenvalue weighted by Crippen LogP contribution is 2.20. The fourth-order valence-corrected chi connectivity index (χ4v) is 2.62. The molecule has 4 aromatic rings. The number of hydrogen-bond donors (Lipinski definition) is 1. The van der Waals surface area contributed by atoms with E-state index < -0.39 is 0 Å². The Hall–Kier alpha value is -3.47. The number of anilines is 1. The Bertz CT molecular complexity index is 1060. The first kappa shape index (κ1) is 14.1. The van der Waals surface area contributed by atoms with Gasteiger partial charge in [0.05, 0.1) is 23.1 Å². The highest BCUT2D eigenvalue weighted by atomic mass is 16.1. The van der Waals surface area contributed by atoms with Crippen molar-refractivity contribution in [3.8, 4) is 0 Å². The molecule has 0 bridgehead atoms. The summed E-state index contributed by atoms with van der Waals surface area (Å²) in [5, 5.41) is 3.86. The fraction of sp³-hybridized carbons (Fsp3) is 0. The van der Waals surface area contributed by atoms with Crippen molar-refractivity contribution in [2.45, 2.75) is 0 Å². The third kappa shape index (κ3) is 2.63. The molecular weight excluding hydrogens is 300 g/mol. The maximum absolute atomic E-state index is 12.2. The first-order valence-electron chi connectivity index (χ1n) is 7.56. The smallest absolute Gasteiger partial charge is 0.248 e. The predicted molar refractivity (Wildman–Crippen MR) is 94.6 cm³/mol. The molecule has 0 aliphatic carbocycles. The highest BCUT2D eigenvalue weighted by Gasteiger charge is 2.05. The summed E-state index contributed by atoms with van der Waals surface area (Å²) in [4.78, 5) is 20.9. The number of benzene rings is 1. The number of aromatic nitrogens is 3. The summed E-state index contributed by atoms with van der Waals surface area (Å²) in [5.74, 6) is -0.209. The number of amides is 1. The summed E-state index contributed by atoms with van der Waals surface area (Å²) in [5.41, 5.74) is 3.16. The summed E-state index contributed by atoms with van der Waals surface area (Å²) in [6.45, 7) is 0. The molecule has 0 saturated carbocycles. The van der Waals surface area contributed by atoms with E-state index in [-0.39, 0.29) is 5.91 Å². The lowest BCUT2D eigenvalue weighted by molar-refractivity contribution is -0.111. The van der Waals surface area contributed by atoms with E-state index in [9.17, 15) is 4.79 Å². The number of pyridine rings is 2. The average molecular weight is 314 g/mol. The van der Waals surface area contributed by atoms with E-state index >= 15 is 0 Å². The van der Waals surface area contributed by atoms with Gasteiger partial charge in [0, 0.05) is 23.9 Å². The summed E-state index contributed by atoms with van der Waals surface area (Å²) in [6, 6.07) is 15.3. The second-order valence-corrected chi connectivity index (χ2v) is 5.32. The van der Waals surface area contributed by atoms with E-state index in [0.29, 0.717) is 5.69 Å². The zero-order valence-electron chi connectivity index (χ0n) is 12.8. The van der Waals surface area contributed by atoms with Crippen molar-refractivity contribution in [3.63, 3.8) is 0 Å². The van der Waals surface area contributed by atoms with Gasteiger partial charge in [0.1, 0.15) is 5.65 Å². The van der Waals surface area contributed by atoms with Crippen LogP contribution in [0.5, 0.6) is 0 Å². The van der Waals surface area contributed by atoms with Crippen LogP contribution >= 0.6 is 0 Å². The van der Waals surface area contributed by atoms with Gasteiger partial charge >= 0.3 is 0 Å². The lowest BCUT2D eigenvalue weighted by Gasteiger charge is -2.05. The zero-order valence-corrected chi connectivity index (χ0v) is 12.8. The molecule has 5 nitrogen and oxygen atoms in total. The van der Waals surface area contributed by atoms with Gasteiger partial charge in [0.15, 0.2) is 0 Å². The molecule has 0 aliphatic rings. The van der Waals surface area contributed by atoms with Gasteiger partial charge < -0.3 is 9.72 Å². The van der Waals surface area contributed by atoms with E-state index in [1.807, 2.05) is 59.1 Å². The Morgan fingerprint density at radius 3 is 2.92 bits per heavy atom. The number of imidazole rings is 1. The number of nitrogens with one attached hydrogen (secondary N) is 1. The van der Waals surface area contributed by atoms with Gasteiger partial charge in [-0.3, -0.25) is 9.78 Å². The van der Waals surface area contributed by atoms with E-state index in [1.165, 1.54) is 6.08 Å². The molecule has 24 heavy (non-hydrogen) atoms. The van der Waals surface area contributed by atoms with Crippen LogP contribution in [0.3, 0.4) is 0 Å². The monoisotopic (exact) mass is 314 g/mol. The number of rotatable bonds is 3. The molecule has 1 amide bonds. The lowest BCUT2D eigenvalue weighted by Crippen LogP contribution is -2.08. The molecule has 3 aromatic heterocycles. The Labute approximate surface area is 138 Å². The molecule has 1 N–H and O–H groups in total. The van der Waals surface area contributed by atoms with Gasteiger partial charge in [-0.25, -0.2) is 4.98 Å². The number of nitrogens with zero attached hydrogens (tertiary/aromatic N) is 3. The molecule has 0 unspecified atom stereocenters. The first-order chi connectivity index (χ1) is 11.8. The van der Waals surface area contributed by atoms with Crippen LogP contribution < -0.4 is 5.32 Å². The molecule has 0 atom stereocenters. The van der Waals surface area contributed by atoms with Crippen molar-refractivity contribution in [3.05, 3.63) is 78.9 Å². The average Bonchev–Trinajstić information content (AvgIpc) is 3.04. The summed E-state index contributed by atoms with van der Waals surface area (Å²) < 4.78 is 1.92. The maximum atomic E-state index is 12.2. The largest absolute Gasteiger partial charge is 0.321 e. The third-order valence-electron chi connectivity index (χ3n) is 3.74. The van der Waals surface area contributed by atoms with Crippen molar-refractivity contribution in [2.75, 3.05) is 5.32 Å². The molecule has 0 saturated heterocycles. The van der Waals surface area contributed by atoms with Gasteiger partial charge in [-0.05, 0) is 30.3 Å². The number of fused-ring (bicyclic) bond motifs is 2. The van der Waals surface area contributed by atoms with Gasteiger partial charge in [-0.15, -0.1) is 0 Å². The molecule has 0 spiro atoms. The van der Waals surface area contributed by atoms with Crippen LogP contribution in [0.4, 0.5) is 5.69 Å². The molecule has 1 aromatic carbocycles. The Morgan fingerprint density at radius 2 is 1.96 bits per heavy atom. The van der Waals surface area contributed by atoms with Crippen LogP contribution in [0.2, 0.25) is 0 Å². The first-order valence-corrected chi connectivity index (χ1v) is 7.56. The summed E-state index contributed by atoms with van der Waals surface area (Å²) >= 11 is 0. The molecule has 0 radical (unpaired) electrons. The Kier molecular flexibility index (Phi) is 3.51. The molecule has 4 rings (SSSR count). The standard InChI is InChI=1S/C19H14N4O/c24-18(10-9-15-13-21-17-8-1-2-12-23(15)17)22-16-7-3-5-14-6-4-11-20-19(14)16/h1-13H,(H,22,24)/b10-9+. The lowest BCUT2D eigenvalue weighted by atomic mass is 10.2. The van der Waals surface area contributed by atoms with Crippen LogP contribution in [0.15, 0.2) is 73.2 Å². The van der Waals surface area contributed by atoms with Crippen molar-refractivity contribution < 1.29 is 4.79 Å². The maximum Gasteiger partial charge on any atom is 0.248 e. The second kappa shape index (κ2) is 5.96. The van der Waals surface area contributed by atoms with Gasteiger partial charge in [0.25, 0.3) is 0 Å². The second-order valence-electron chi connectivity index (χ2n) is 5.32. The van der Waals surface area contributed by atoms with Crippen molar-refractivity contribution >= 4 is 34.2 Å². The van der Waals surface area contributed by atoms with Crippen LogP contribution in [0.25, 0.3) is 22.6 Å². The summed E-state index contributed by atoms with van der Waals surface area (Å²) in [6.07, 6.45) is 8.60. The third-order valence-corrected chi connectivity index (χ3v) is 3.74. The van der Waals surface area contributed by atoms with Gasteiger partial charge in [-0.1, -0.05) is 24.3 Å². The molecule has 116 valence electrons. The highest BCUT2D eigenvalue weighted by molar-refractivity contribution is 6.06. The molecule has 3 heterocycles. The van der Waals surface area contributed by atoms with Crippen molar-refractivity contribution in [2.24, 2.45) is 0 Å². The number of hydrogen-bond acceptors (Lipinski definition) is 3. The fourth-order valence-electron chi connectivity index (χ4n) is 2.62. The van der Waals surface area contributed by atoms with Crippen LogP contribution in [0, 0.1) is 0 Å². The predicted octanol–water partition coefficient (Wildman–Crippen LogP) is 3.53. The number of carbonyl (C=O) groups excluding carboxylic acids is 1. The minimum Gasteiger partial charge on any atom is -0.321 e. The topological polar surface area (TPSA) is 59.3 Å². The molecule has 0 fully saturated rings. The minimum absolute atomic E-state index is 0.209. The van der Waals surface area contributed by atoms with Gasteiger partial charge in [-0.2, -0.15) is 0 Å². The van der Waals surface area contributed by atoms with Crippen LogP contribution in [-0.4, -0.2) is 20.3 Å². The van der Waals surface area contributed by atoms with Crippen LogP contribution in [0.1, 0.15) is 5.69 Å². The normalized spacial score (nSPS) is 11.3. The van der Waals surface area contributed by atoms with E-state index in [0.717, 1.165) is 22.2 Å².